The lowest BCUT2D eigenvalue weighted by molar-refractivity contribution is -0.384. The molecule has 0 aliphatic rings. The molecule has 0 aliphatic carbocycles. The van der Waals surface area contributed by atoms with E-state index in [1.807, 2.05) is 10.7 Å². The van der Waals surface area contributed by atoms with Gasteiger partial charge in [0.1, 0.15) is 5.69 Å². The molecule has 0 unspecified atom stereocenters. The first-order chi connectivity index (χ1) is 10.1. The molecule has 0 radical (unpaired) electrons. The summed E-state index contributed by atoms with van der Waals surface area (Å²) in [5, 5.41) is 18.6. The van der Waals surface area contributed by atoms with Gasteiger partial charge >= 0.3 is 0 Å². The van der Waals surface area contributed by atoms with E-state index >= 15 is 0 Å². The summed E-state index contributed by atoms with van der Waals surface area (Å²) in [6, 6.07) is 7.21. The van der Waals surface area contributed by atoms with E-state index in [1.54, 1.807) is 13.1 Å². The van der Waals surface area contributed by atoms with E-state index in [-0.39, 0.29) is 10.6 Å². The lowest BCUT2D eigenvalue weighted by Gasteiger charge is -2.11. The molecule has 21 heavy (non-hydrogen) atoms. The van der Waals surface area contributed by atoms with Gasteiger partial charge in [0, 0.05) is 24.4 Å². The third-order valence-corrected chi connectivity index (χ3v) is 3.53. The molecule has 0 aliphatic heterocycles. The number of aromatic nitrogens is 2. The molecule has 1 N–H and O–H groups in total. The number of nitrogens with zero attached hydrogens (tertiary/aromatic N) is 3. The van der Waals surface area contributed by atoms with E-state index in [0.717, 1.165) is 29.8 Å². The molecule has 0 fully saturated rings. The highest BCUT2D eigenvalue weighted by molar-refractivity contribution is 5.66. The van der Waals surface area contributed by atoms with Crippen molar-refractivity contribution in [1.29, 1.82) is 0 Å². The molecule has 2 aromatic rings. The van der Waals surface area contributed by atoms with Gasteiger partial charge in [-0.1, -0.05) is 26.0 Å². The second-order valence-corrected chi connectivity index (χ2v) is 4.81. The van der Waals surface area contributed by atoms with Crippen LogP contribution in [0.15, 0.2) is 24.3 Å². The van der Waals surface area contributed by atoms with E-state index in [1.165, 1.54) is 6.07 Å². The number of benzene rings is 1. The summed E-state index contributed by atoms with van der Waals surface area (Å²) in [6.07, 6.45) is 1.77. The Balaban J connectivity index is 2.42. The van der Waals surface area contributed by atoms with Gasteiger partial charge in [-0.25, -0.2) is 0 Å². The molecular formula is C15H20N4O2. The molecule has 0 atom stereocenters. The van der Waals surface area contributed by atoms with Crippen LogP contribution in [0.4, 0.5) is 11.4 Å². The minimum Gasteiger partial charge on any atom is -0.382 e. The number of para-hydroxylation sites is 1. The molecule has 0 saturated heterocycles. The summed E-state index contributed by atoms with van der Waals surface area (Å²) in [5.74, 6) is 0. The third kappa shape index (κ3) is 3.04. The second-order valence-electron chi connectivity index (χ2n) is 4.81. The number of hydrogen-bond acceptors (Lipinski definition) is 4. The second kappa shape index (κ2) is 6.39. The number of hydrogen-bond donors (Lipinski definition) is 1. The first kappa shape index (κ1) is 15.0. The topological polar surface area (TPSA) is 73.0 Å². The number of nitrogens with one attached hydrogen (secondary N) is 1. The number of nitro benzene ring substituents is 1. The summed E-state index contributed by atoms with van der Waals surface area (Å²) in [6.45, 7) is 4.68. The van der Waals surface area contributed by atoms with E-state index in [0.29, 0.717) is 12.2 Å². The van der Waals surface area contributed by atoms with Crippen molar-refractivity contribution in [2.45, 2.75) is 33.2 Å². The Morgan fingerprint density at radius 1 is 1.33 bits per heavy atom. The minimum absolute atomic E-state index is 0.0934. The molecule has 1 aromatic heterocycles. The lowest BCUT2D eigenvalue weighted by atomic mass is 10.1. The third-order valence-electron chi connectivity index (χ3n) is 3.53. The Kier molecular flexibility index (Phi) is 4.57. The minimum atomic E-state index is -0.364. The zero-order valence-corrected chi connectivity index (χ0v) is 12.6. The van der Waals surface area contributed by atoms with E-state index in [2.05, 4.69) is 30.3 Å². The van der Waals surface area contributed by atoms with Crippen molar-refractivity contribution < 1.29 is 4.92 Å². The Morgan fingerprint density at radius 2 is 2.10 bits per heavy atom. The number of aryl methyl sites for hydroxylation is 2. The van der Waals surface area contributed by atoms with Crippen LogP contribution in [0, 0.1) is 10.1 Å². The molecule has 6 nitrogen and oxygen atoms in total. The Morgan fingerprint density at radius 3 is 2.67 bits per heavy atom. The van der Waals surface area contributed by atoms with Crippen LogP contribution in [0.25, 0.3) is 0 Å². The zero-order valence-electron chi connectivity index (χ0n) is 12.6. The maximum absolute atomic E-state index is 11.1. The van der Waals surface area contributed by atoms with Crippen molar-refractivity contribution in [3.05, 3.63) is 51.3 Å². The smallest absolute Gasteiger partial charge is 0.292 e. The van der Waals surface area contributed by atoms with Crippen LogP contribution < -0.4 is 5.32 Å². The van der Waals surface area contributed by atoms with Crippen molar-refractivity contribution in [3.8, 4) is 0 Å². The van der Waals surface area contributed by atoms with Gasteiger partial charge in [-0.3, -0.25) is 14.8 Å². The number of nitro groups is 1. The van der Waals surface area contributed by atoms with Crippen molar-refractivity contribution in [2.75, 3.05) is 12.4 Å². The average Bonchev–Trinajstić information content (AvgIpc) is 2.89. The largest absolute Gasteiger partial charge is 0.382 e. The van der Waals surface area contributed by atoms with Crippen LogP contribution in [0.5, 0.6) is 0 Å². The summed E-state index contributed by atoms with van der Waals surface area (Å²) < 4.78 is 1.93. The zero-order chi connectivity index (χ0) is 15.4. The summed E-state index contributed by atoms with van der Waals surface area (Å²) in [7, 11) is 1.70. The summed E-state index contributed by atoms with van der Waals surface area (Å²) in [5.41, 5.74) is 3.70. The fourth-order valence-electron chi connectivity index (χ4n) is 2.43. The Labute approximate surface area is 123 Å². The molecular weight excluding hydrogens is 268 g/mol. The van der Waals surface area contributed by atoms with Gasteiger partial charge in [-0.15, -0.1) is 0 Å². The molecule has 0 saturated carbocycles. The molecule has 0 amide bonds. The predicted molar refractivity (Wildman–Crippen MR) is 82.7 cm³/mol. The van der Waals surface area contributed by atoms with Crippen molar-refractivity contribution in [3.63, 3.8) is 0 Å². The quantitative estimate of drug-likeness (QED) is 0.655. The highest BCUT2D eigenvalue weighted by Gasteiger charge is 2.17. The molecule has 0 spiro atoms. The SMILES string of the molecule is CCc1cc(CC)n(Cc2cccc([N+](=O)[O-])c2NC)n1. The van der Waals surface area contributed by atoms with Gasteiger partial charge in [0.2, 0.25) is 0 Å². The molecule has 112 valence electrons. The molecule has 6 heteroatoms. The summed E-state index contributed by atoms with van der Waals surface area (Å²) in [4.78, 5) is 10.7. The monoisotopic (exact) mass is 288 g/mol. The number of rotatable bonds is 6. The van der Waals surface area contributed by atoms with Crippen LogP contribution in [-0.4, -0.2) is 21.8 Å². The van der Waals surface area contributed by atoms with Crippen molar-refractivity contribution in [1.82, 2.24) is 9.78 Å². The van der Waals surface area contributed by atoms with Gasteiger partial charge in [0.25, 0.3) is 5.69 Å². The summed E-state index contributed by atoms with van der Waals surface area (Å²) >= 11 is 0. The van der Waals surface area contributed by atoms with Crippen LogP contribution in [0.2, 0.25) is 0 Å². The maximum Gasteiger partial charge on any atom is 0.292 e. The van der Waals surface area contributed by atoms with Gasteiger partial charge in [-0.2, -0.15) is 5.10 Å². The Hall–Kier alpha value is -2.37. The fourth-order valence-corrected chi connectivity index (χ4v) is 2.43. The first-order valence-corrected chi connectivity index (χ1v) is 7.10. The van der Waals surface area contributed by atoms with Crippen molar-refractivity contribution >= 4 is 11.4 Å². The highest BCUT2D eigenvalue weighted by Crippen LogP contribution is 2.28. The van der Waals surface area contributed by atoms with E-state index < -0.39 is 0 Å². The first-order valence-electron chi connectivity index (χ1n) is 7.10. The molecule has 1 aromatic carbocycles. The maximum atomic E-state index is 11.1. The molecule has 1 heterocycles. The highest BCUT2D eigenvalue weighted by atomic mass is 16.6. The standard InChI is InChI=1S/C15H20N4O2/c1-4-12-9-13(5-2)18(17-12)10-11-7-6-8-14(19(20)21)15(11)16-3/h6-9,16H,4-5,10H2,1-3H3. The van der Waals surface area contributed by atoms with Gasteiger partial charge in [-0.05, 0) is 18.9 Å². The van der Waals surface area contributed by atoms with Crippen molar-refractivity contribution in [2.24, 2.45) is 0 Å². The average molecular weight is 288 g/mol. The predicted octanol–water partition coefficient (Wildman–Crippen LogP) is 3.01. The van der Waals surface area contributed by atoms with E-state index in [9.17, 15) is 10.1 Å². The van der Waals surface area contributed by atoms with E-state index in [4.69, 9.17) is 0 Å². The van der Waals surface area contributed by atoms with Crippen LogP contribution >= 0.6 is 0 Å². The fraction of sp³-hybridized carbons (Fsp3) is 0.400. The van der Waals surface area contributed by atoms with Gasteiger partial charge in [0.15, 0.2) is 0 Å². The van der Waals surface area contributed by atoms with Gasteiger partial charge in [0.05, 0.1) is 17.2 Å². The van der Waals surface area contributed by atoms with Crippen LogP contribution in [-0.2, 0) is 19.4 Å². The van der Waals surface area contributed by atoms with Crippen LogP contribution in [0.3, 0.4) is 0 Å². The lowest BCUT2D eigenvalue weighted by Crippen LogP contribution is -2.09. The van der Waals surface area contributed by atoms with Gasteiger partial charge < -0.3 is 5.32 Å². The molecule has 0 bridgehead atoms. The molecule has 2 rings (SSSR count). The number of anilines is 1. The normalized spacial score (nSPS) is 10.6. The van der Waals surface area contributed by atoms with Crippen LogP contribution in [0.1, 0.15) is 30.8 Å². The Bertz CT molecular complexity index is 649.